The molecule has 1 atom stereocenters. The highest BCUT2D eigenvalue weighted by Gasteiger charge is 2.33. The zero-order chi connectivity index (χ0) is 25.6. The predicted octanol–water partition coefficient (Wildman–Crippen LogP) is 5.80. The highest BCUT2D eigenvalue weighted by Crippen LogP contribution is 2.38. The van der Waals surface area contributed by atoms with Crippen molar-refractivity contribution in [2.24, 2.45) is 0 Å². The van der Waals surface area contributed by atoms with Gasteiger partial charge in [0, 0.05) is 19.1 Å². The monoisotopic (exact) mass is 497 g/mol. The second kappa shape index (κ2) is 11.6. The lowest BCUT2D eigenvalue weighted by molar-refractivity contribution is 0.103. The minimum Gasteiger partial charge on any atom is -0.493 e. The van der Waals surface area contributed by atoms with E-state index >= 15 is 0 Å². The van der Waals surface area contributed by atoms with E-state index in [0.29, 0.717) is 42.9 Å². The molecule has 0 bridgehead atoms. The van der Waals surface area contributed by atoms with Gasteiger partial charge < -0.3 is 14.6 Å². The van der Waals surface area contributed by atoms with Gasteiger partial charge in [-0.15, -0.1) is 0 Å². The maximum atomic E-state index is 11.0. The summed E-state index contributed by atoms with van der Waals surface area (Å²) >= 11 is 0. The van der Waals surface area contributed by atoms with Crippen LogP contribution >= 0.6 is 0 Å². The third-order valence-electron chi connectivity index (χ3n) is 6.81. The quantitative estimate of drug-likeness (QED) is 0.268. The molecule has 3 aromatic carbocycles. The molecule has 5 rings (SSSR count). The lowest BCUT2D eigenvalue weighted by Gasteiger charge is -2.25. The zero-order valence-corrected chi connectivity index (χ0v) is 21.6. The highest BCUT2D eigenvalue weighted by molar-refractivity contribution is 5.47. The Morgan fingerprint density at radius 3 is 2.24 bits per heavy atom. The Bertz CT molecular complexity index is 1290. The summed E-state index contributed by atoms with van der Waals surface area (Å²) in [6, 6.07) is 28.4. The Morgan fingerprint density at radius 1 is 0.946 bits per heavy atom. The molecule has 4 aromatic rings. The van der Waals surface area contributed by atoms with Gasteiger partial charge >= 0.3 is 0 Å². The topological polar surface area (TPSA) is 59.8 Å². The van der Waals surface area contributed by atoms with Gasteiger partial charge in [-0.2, -0.15) is 5.10 Å². The van der Waals surface area contributed by atoms with Crippen LogP contribution in [0.2, 0.25) is 0 Å². The van der Waals surface area contributed by atoms with Crippen molar-refractivity contribution in [2.45, 2.75) is 51.3 Å². The normalized spacial score (nSPS) is 14.1. The number of ether oxygens (including phenoxy) is 2. The van der Waals surface area contributed by atoms with E-state index in [1.54, 1.807) is 7.11 Å². The van der Waals surface area contributed by atoms with Gasteiger partial charge in [0.15, 0.2) is 11.5 Å². The molecule has 0 unspecified atom stereocenters. The SMILES string of the molecule is CCc1nn(-c2ccccc2)c(Oc2ccccc2OC)c1CN(C[C@@H](O)Cc1ccccc1)C1CC1. The molecule has 0 aliphatic heterocycles. The van der Waals surface area contributed by atoms with Crippen LogP contribution in [0.4, 0.5) is 0 Å². The zero-order valence-electron chi connectivity index (χ0n) is 21.6. The van der Waals surface area contributed by atoms with Crippen LogP contribution < -0.4 is 9.47 Å². The molecule has 192 valence electrons. The van der Waals surface area contributed by atoms with Crippen molar-refractivity contribution in [3.8, 4) is 23.1 Å². The van der Waals surface area contributed by atoms with Crippen LogP contribution in [0.3, 0.4) is 0 Å². The molecule has 0 saturated heterocycles. The minimum absolute atomic E-state index is 0.448. The number of methoxy groups -OCH3 is 1. The molecular weight excluding hydrogens is 462 g/mol. The van der Waals surface area contributed by atoms with Gasteiger partial charge in [0.2, 0.25) is 5.88 Å². The van der Waals surface area contributed by atoms with Crippen LogP contribution in [-0.4, -0.2) is 45.6 Å². The number of aromatic nitrogens is 2. The van der Waals surface area contributed by atoms with E-state index in [-0.39, 0.29) is 0 Å². The van der Waals surface area contributed by atoms with Gasteiger partial charge in [-0.05, 0) is 55.5 Å². The number of aliphatic hydroxyl groups is 1. The molecule has 1 aliphatic rings. The van der Waals surface area contributed by atoms with Crippen LogP contribution in [0.1, 0.15) is 36.6 Å². The Labute approximate surface area is 219 Å². The largest absolute Gasteiger partial charge is 0.493 e. The van der Waals surface area contributed by atoms with Gasteiger partial charge in [-0.3, -0.25) is 4.90 Å². The van der Waals surface area contributed by atoms with E-state index in [4.69, 9.17) is 14.6 Å². The van der Waals surface area contributed by atoms with Gasteiger partial charge in [-0.25, -0.2) is 4.68 Å². The maximum absolute atomic E-state index is 11.0. The number of aliphatic hydroxyl groups excluding tert-OH is 1. The van der Waals surface area contributed by atoms with E-state index in [9.17, 15) is 5.11 Å². The molecule has 37 heavy (non-hydrogen) atoms. The van der Waals surface area contributed by atoms with E-state index in [1.807, 2.05) is 77.5 Å². The van der Waals surface area contributed by atoms with Gasteiger partial charge in [0.05, 0.1) is 30.2 Å². The van der Waals surface area contributed by atoms with Crippen LogP contribution in [0.15, 0.2) is 84.9 Å². The van der Waals surface area contributed by atoms with Crippen LogP contribution in [0.5, 0.6) is 17.4 Å². The molecule has 1 fully saturated rings. The number of aryl methyl sites for hydroxylation is 1. The van der Waals surface area contributed by atoms with Crippen LogP contribution in [-0.2, 0) is 19.4 Å². The standard InChI is InChI=1S/C31H35N3O3/c1-3-28-27(22-33(24-18-19-24)21-26(35)20-23-12-6-4-7-13-23)31(34(32-28)25-14-8-5-9-15-25)37-30-17-11-10-16-29(30)36-2/h4-17,24,26,35H,3,18-22H2,1-2H3/t26-/m0/s1. The molecule has 1 saturated carbocycles. The first-order valence-corrected chi connectivity index (χ1v) is 13.1. The van der Waals surface area contributed by atoms with Crippen molar-refractivity contribution in [3.63, 3.8) is 0 Å². The van der Waals surface area contributed by atoms with E-state index in [1.165, 1.54) is 0 Å². The molecule has 1 aliphatic carbocycles. The first kappa shape index (κ1) is 25.1. The summed E-state index contributed by atoms with van der Waals surface area (Å²) in [4.78, 5) is 2.40. The summed E-state index contributed by atoms with van der Waals surface area (Å²) in [6.45, 7) is 3.39. The second-order valence-electron chi connectivity index (χ2n) is 9.59. The number of hydrogen-bond donors (Lipinski definition) is 1. The van der Waals surface area contributed by atoms with Crippen molar-refractivity contribution in [3.05, 3.63) is 102 Å². The molecule has 6 nitrogen and oxygen atoms in total. The predicted molar refractivity (Wildman–Crippen MR) is 146 cm³/mol. The molecule has 6 heteroatoms. The van der Waals surface area contributed by atoms with Crippen molar-refractivity contribution >= 4 is 0 Å². The fourth-order valence-electron chi connectivity index (χ4n) is 4.78. The number of benzene rings is 3. The van der Waals surface area contributed by atoms with Gasteiger partial charge in [0.25, 0.3) is 0 Å². The Balaban J connectivity index is 1.48. The Kier molecular flexibility index (Phi) is 7.87. The summed E-state index contributed by atoms with van der Waals surface area (Å²) in [7, 11) is 1.65. The summed E-state index contributed by atoms with van der Waals surface area (Å²) in [5.74, 6) is 2.01. The first-order chi connectivity index (χ1) is 18.2. The minimum atomic E-state index is -0.448. The molecule has 1 heterocycles. The Morgan fingerprint density at radius 2 is 1.59 bits per heavy atom. The van der Waals surface area contributed by atoms with E-state index in [0.717, 1.165) is 41.8 Å². The van der Waals surface area contributed by atoms with Crippen LogP contribution in [0.25, 0.3) is 5.69 Å². The first-order valence-electron chi connectivity index (χ1n) is 13.1. The molecular formula is C31H35N3O3. The van der Waals surface area contributed by atoms with Gasteiger partial charge in [-0.1, -0.05) is 67.6 Å². The van der Waals surface area contributed by atoms with E-state index < -0.39 is 6.10 Å². The highest BCUT2D eigenvalue weighted by atomic mass is 16.5. The third-order valence-corrected chi connectivity index (χ3v) is 6.81. The van der Waals surface area contributed by atoms with Gasteiger partial charge in [0.1, 0.15) is 0 Å². The van der Waals surface area contributed by atoms with E-state index in [2.05, 4.69) is 24.0 Å². The smallest absolute Gasteiger partial charge is 0.227 e. The fourth-order valence-corrected chi connectivity index (χ4v) is 4.78. The number of para-hydroxylation sites is 3. The van der Waals surface area contributed by atoms with Crippen molar-refractivity contribution < 1.29 is 14.6 Å². The lowest BCUT2D eigenvalue weighted by Crippen LogP contribution is -2.35. The third kappa shape index (κ3) is 6.04. The second-order valence-corrected chi connectivity index (χ2v) is 9.59. The van der Waals surface area contributed by atoms with Crippen molar-refractivity contribution in [1.29, 1.82) is 0 Å². The molecule has 0 radical (unpaired) electrons. The summed E-state index contributed by atoms with van der Waals surface area (Å²) in [5.41, 5.74) is 4.14. The Hall–Kier alpha value is -3.61. The number of nitrogens with zero attached hydrogens (tertiary/aromatic N) is 3. The molecule has 1 aromatic heterocycles. The maximum Gasteiger partial charge on any atom is 0.227 e. The van der Waals surface area contributed by atoms with Crippen molar-refractivity contribution in [1.82, 2.24) is 14.7 Å². The number of hydrogen-bond acceptors (Lipinski definition) is 5. The average Bonchev–Trinajstić information content (AvgIpc) is 3.73. The molecule has 1 N–H and O–H groups in total. The molecule has 0 spiro atoms. The summed E-state index contributed by atoms with van der Waals surface area (Å²) < 4.78 is 14.1. The molecule has 0 amide bonds. The van der Waals surface area contributed by atoms with Crippen molar-refractivity contribution in [2.75, 3.05) is 13.7 Å². The number of rotatable bonds is 12. The fraction of sp³-hybridized carbons (Fsp3) is 0.323. The lowest BCUT2D eigenvalue weighted by atomic mass is 10.1. The summed E-state index contributed by atoms with van der Waals surface area (Å²) in [6.07, 6.45) is 3.27. The van der Waals surface area contributed by atoms with Crippen LogP contribution in [0, 0.1) is 0 Å². The summed E-state index contributed by atoms with van der Waals surface area (Å²) in [5, 5.41) is 16.0. The average molecular weight is 498 g/mol.